The minimum atomic E-state index is 0.220. The molecule has 1 aromatic rings. The van der Waals surface area contributed by atoms with Crippen LogP contribution < -0.4 is 0 Å². The van der Waals surface area contributed by atoms with Crippen LogP contribution in [0.4, 0.5) is 0 Å². The van der Waals surface area contributed by atoms with Gasteiger partial charge in [0.15, 0.2) is 0 Å². The summed E-state index contributed by atoms with van der Waals surface area (Å²) in [4.78, 5) is 0. The highest BCUT2D eigenvalue weighted by Gasteiger charge is 2.24. The van der Waals surface area contributed by atoms with Gasteiger partial charge in [0.1, 0.15) is 5.75 Å². The summed E-state index contributed by atoms with van der Waals surface area (Å²) < 4.78 is 0. The lowest BCUT2D eigenvalue weighted by Gasteiger charge is -2.28. The summed E-state index contributed by atoms with van der Waals surface area (Å²) in [6.45, 7) is 0.220. The van der Waals surface area contributed by atoms with E-state index in [2.05, 4.69) is 0 Å². The number of aliphatic hydroxyl groups is 1. The van der Waals surface area contributed by atoms with Gasteiger partial charge in [0, 0.05) is 5.92 Å². The molecular weight excluding hydrogens is 140 g/mol. The SMILES string of the molecule is OCC1Cc2cc(O)ccc21. The van der Waals surface area contributed by atoms with Crippen LogP contribution in [0.15, 0.2) is 18.2 Å². The van der Waals surface area contributed by atoms with E-state index >= 15 is 0 Å². The number of aromatic hydroxyl groups is 1. The Kier molecular flexibility index (Phi) is 1.36. The van der Waals surface area contributed by atoms with Gasteiger partial charge in [0.05, 0.1) is 6.61 Å². The summed E-state index contributed by atoms with van der Waals surface area (Å²) in [5.74, 6) is 0.630. The van der Waals surface area contributed by atoms with E-state index in [1.807, 2.05) is 6.07 Å². The Morgan fingerprint density at radius 2 is 2.27 bits per heavy atom. The van der Waals surface area contributed by atoms with Gasteiger partial charge in [-0.3, -0.25) is 0 Å². The number of hydrogen-bond acceptors (Lipinski definition) is 2. The second-order valence-corrected chi connectivity index (χ2v) is 2.97. The Balaban J connectivity index is 2.35. The monoisotopic (exact) mass is 150 g/mol. The van der Waals surface area contributed by atoms with E-state index in [1.165, 1.54) is 11.1 Å². The summed E-state index contributed by atoms with van der Waals surface area (Å²) >= 11 is 0. The molecule has 0 aromatic heterocycles. The van der Waals surface area contributed by atoms with Crippen molar-refractivity contribution in [2.24, 2.45) is 0 Å². The van der Waals surface area contributed by atoms with Crippen LogP contribution >= 0.6 is 0 Å². The minimum absolute atomic E-state index is 0.220. The van der Waals surface area contributed by atoms with E-state index < -0.39 is 0 Å². The molecule has 2 heteroatoms. The van der Waals surface area contributed by atoms with Gasteiger partial charge in [-0.15, -0.1) is 0 Å². The molecule has 2 nitrogen and oxygen atoms in total. The first-order valence-electron chi connectivity index (χ1n) is 3.74. The van der Waals surface area contributed by atoms with Gasteiger partial charge >= 0.3 is 0 Å². The highest BCUT2D eigenvalue weighted by atomic mass is 16.3. The summed E-state index contributed by atoms with van der Waals surface area (Å²) in [6, 6.07) is 5.32. The number of phenolic OH excluding ortho intramolecular Hbond substituents is 1. The quantitative estimate of drug-likeness (QED) is 0.627. The zero-order chi connectivity index (χ0) is 7.84. The highest BCUT2D eigenvalue weighted by Crippen LogP contribution is 2.36. The maximum Gasteiger partial charge on any atom is 0.115 e. The molecule has 1 atom stereocenters. The normalized spacial score (nSPS) is 20.6. The number of aliphatic hydroxyl groups excluding tert-OH is 1. The molecular formula is C9H10O2. The fraction of sp³-hybridized carbons (Fsp3) is 0.333. The van der Waals surface area contributed by atoms with Crippen molar-refractivity contribution >= 4 is 0 Å². The first-order valence-corrected chi connectivity index (χ1v) is 3.74. The average Bonchev–Trinajstić information content (AvgIpc) is 1.95. The van der Waals surface area contributed by atoms with Crippen LogP contribution in [0.3, 0.4) is 0 Å². The van der Waals surface area contributed by atoms with Crippen molar-refractivity contribution in [3.05, 3.63) is 29.3 Å². The lowest BCUT2D eigenvalue weighted by molar-refractivity contribution is 0.253. The number of hydrogen-bond donors (Lipinski definition) is 2. The second-order valence-electron chi connectivity index (χ2n) is 2.97. The third-order valence-corrected chi connectivity index (χ3v) is 2.25. The van der Waals surface area contributed by atoms with Crippen LogP contribution in [0.5, 0.6) is 5.75 Å². The van der Waals surface area contributed by atoms with E-state index in [1.54, 1.807) is 12.1 Å². The van der Waals surface area contributed by atoms with Crippen molar-refractivity contribution in [3.63, 3.8) is 0 Å². The van der Waals surface area contributed by atoms with Gasteiger partial charge in [-0.2, -0.15) is 0 Å². The molecule has 0 amide bonds. The second kappa shape index (κ2) is 2.24. The third-order valence-electron chi connectivity index (χ3n) is 2.25. The largest absolute Gasteiger partial charge is 0.508 e. The van der Waals surface area contributed by atoms with Crippen LogP contribution in [0.1, 0.15) is 17.0 Å². The number of rotatable bonds is 1. The topological polar surface area (TPSA) is 40.5 Å². The van der Waals surface area contributed by atoms with Crippen molar-refractivity contribution < 1.29 is 10.2 Å². The number of benzene rings is 1. The highest BCUT2D eigenvalue weighted by molar-refractivity contribution is 5.44. The van der Waals surface area contributed by atoms with Crippen LogP contribution in [0.25, 0.3) is 0 Å². The van der Waals surface area contributed by atoms with E-state index in [0.717, 1.165) is 6.42 Å². The average molecular weight is 150 g/mol. The number of phenols is 1. The van der Waals surface area contributed by atoms with Crippen molar-refractivity contribution in [2.45, 2.75) is 12.3 Å². The minimum Gasteiger partial charge on any atom is -0.508 e. The predicted octanol–water partition coefficient (Wildman–Crippen LogP) is 1.02. The number of fused-ring (bicyclic) bond motifs is 1. The Hall–Kier alpha value is -1.02. The van der Waals surface area contributed by atoms with Crippen molar-refractivity contribution in [1.29, 1.82) is 0 Å². The summed E-state index contributed by atoms with van der Waals surface area (Å²) in [6.07, 6.45) is 0.903. The van der Waals surface area contributed by atoms with Gasteiger partial charge in [-0.1, -0.05) is 6.07 Å². The van der Waals surface area contributed by atoms with E-state index in [-0.39, 0.29) is 6.61 Å². The lowest BCUT2D eigenvalue weighted by atomic mass is 9.78. The molecule has 58 valence electrons. The maximum absolute atomic E-state index is 9.07. The molecule has 0 saturated heterocycles. The van der Waals surface area contributed by atoms with Crippen molar-refractivity contribution in [2.75, 3.05) is 6.61 Å². The van der Waals surface area contributed by atoms with Crippen molar-refractivity contribution in [3.8, 4) is 5.75 Å². The smallest absolute Gasteiger partial charge is 0.115 e. The van der Waals surface area contributed by atoms with Crippen LogP contribution in [0, 0.1) is 0 Å². The molecule has 2 rings (SSSR count). The molecule has 0 fully saturated rings. The Labute approximate surface area is 65.1 Å². The fourth-order valence-electron chi connectivity index (χ4n) is 1.57. The fourth-order valence-corrected chi connectivity index (χ4v) is 1.57. The first kappa shape index (κ1) is 6.68. The summed E-state index contributed by atoms with van der Waals surface area (Å²) in [5, 5.41) is 17.9. The molecule has 1 unspecified atom stereocenters. The molecule has 0 spiro atoms. The summed E-state index contributed by atoms with van der Waals surface area (Å²) in [7, 11) is 0. The predicted molar refractivity (Wildman–Crippen MR) is 41.6 cm³/mol. The Morgan fingerprint density at radius 1 is 1.45 bits per heavy atom. The first-order chi connectivity index (χ1) is 5.31. The van der Waals surface area contributed by atoms with Gasteiger partial charge in [-0.25, -0.2) is 0 Å². The molecule has 0 bridgehead atoms. The Bertz CT molecular complexity index is 281. The zero-order valence-corrected chi connectivity index (χ0v) is 6.12. The third kappa shape index (κ3) is 0.906. The van der Waals surface area contributed by atoms with Gasteiger partial charge in [-0.05, 0) is 29.7 Å². The van der Waals surface area contributed by atoms with Gasteiger partial charge < -0.3 is 10.2 Å². The van der Waals surface area contributed by atoms with Crippen LogP contribution in [-0.2, 0) is 6.42 Å². The Morgan fingerprint density at radius 3 is 2.91 bits per heavy atom. The maximum atomic E-state index is 9.07. The van der Waals surface area contributed by atoms with E-state index in [9.17, 15) is 0 Å². The molecule has 0 saturated carbocycles. The molecule has 0 radical (unpaired) electrons. The van der Waals surface area contributed by atoms with Gasteiger partial charge in [0.2, 0.25) is 0 Å². The molecule has 2 N–H and O–H groups in total. The standard InChI is InChI=1S/C9H10O2/c10-5-7-3-6-4-8(11)1-2-9(6)7/h1-2,4,7,10-11H,3,5H2. The molecule has 0 heterocycles. The van der Waals surface area contributed by atoms with E-state index in [0.29, 0.717) is 11.7 Å². The zero-order valence-electron chi connectivity index (χ0n) is 6.12. The molecule has 11 heavy (non-hydrogen) atoms. The molecule has 1 aliphatic rings. The molecule has 1 aromatic carbocycles. The molecule has 0 aliphatic heterocycles. The van der Waals surface area contributed by atoms with Crippen LogP contribution in [-0.4, -0.2) is 16.8 Å². The lowest BCUT2D eigenvalue weighted by Crippen LogP contribution is -2.19. The molecule has 1 aliphatic carbocycles. The van der Waals surface area contributed by atoms with Crippen molar-refractivity contribution in [1.82, 2.24) is 0 Å². The van der Waals surface area contributed by atoms with E-state index in [4.69, 9.17) is 10.2 Å². The van der Waals surface area contributed by atoms with Crippen LogP contribution in [0.2, 0.25) is 0 Å². The van der Waals surface area contributed by atoms with Gasteiger partial charge in [0.25, 0.3) is 0 Å². The summed E-state index contributed by atoms with van der Waals surface area (Å²) in [5.41, 5.74) is 2.36.